The number of carbonyl (C=O) groups excluding carboxylic acids is 1. The summed E-state index contributed by atoms with van der Waals surface area (Å²) in [7, 11) is 2.11. The van der Waals surface area contributed by atoms with Crippen LogP contribution >= 0.6 is 11.8 Å². The van der Waals surface area contributed by atoms with Crippen molar-refractivity contribution in [3.05, 3.63) is 75.8 Å². The summed E-state index contributed by atoms with van der Waals surface area (Å²) in [6.07, 6.45) is 10.3. The largest absolute Gasteiger partial charge is 0.381 e. The Labute approximate surface area is 241 Å². The third-order valence-electron chi connectivity index (χ3n) is 7.04. The smallest absolute Gasteiger partial charge is 0.207 e. The molecule has 1 fully saturated rings. The molecule has 1 aliphatic heterocycles. The summed E-state index contributed by atoms with van der Waals surface area (Å²) in [4.78, 5) is 17.6. The van der Waals surface area contributed by atoms with E-state index < -0.39 is 0 Å². The van der Waals surface area contributed by atoms with E-state index in [1.54, 1.807) is 0 Å². The van der Waals surface area contributed by atoms with E-state index in [0.29, 0.717) is 5.92 Å². The standard InChI is InChI=1S/C17H23NOS.C16H26N2O/c1-3-20-17(13-18-2)12-14-4-6-15(7-5-14)16-8-10-19-11-9-16;1-4-7-15-8-9-16(12-14(15)5-2)18(3)11-6-10-17-13-19/h4-7,13,16H,2-3,8-12H2,1H3;8-9,12-13H,4-7,10-11H2,1-3H3,(H,17,19)/b17-13-;. The van der Waals surface area contributed by atoms with Crippen LogP contribution < -0.4 is 10.2 Å². The molecule has 1 saturated heterocycles. The SMILES string of the molecule is C=N/C=C(/Cc1ccc(C2CCOCC2)cc1)SCC.CCCc1ccc(N(C)CCCNC=O)cc1CC. The van der Waals surface area contributed by atoms with Gasteiger partial charge in [-0.3, -0.25) is 9.79 Å². The Kier molecular flexibility index (Phi) is 16.3. The number of nitrogens with zero attached hydrogens (tertiary/aromatic N) is 2. The molecule has 2 aromatic rings. The van der Waals surface area contributed by atoms with Gasteiger partial charge in [0.2, 0.25) is 6.41 Å². The lowest BCUT2D eigenvalue weighted by atomic mass is 9.91. The highest BCUT2D eigenvalue weighted by atomic mass is 32.2. The highest BCUT2D eigenvalue weighted by Gasteiger charge is 2.15. The number of ether oxygens (including phenoxy) is 1. The molecule has 1 amide bonds. The molecule has 0 saturated carbocycles. The first-order valence-electron chi connectivity index (χ1n) is 14.5. The molecule has 6 heteroatoms. The zero-order valence-electron chi connectivity index (χ0n) is 24.6. The molecule has 1 heterocycles. The number of nitrogens with one attached hydrogen (secondary N) is 1. The molecule has 5 nitrogen and oxygen atoms in total. The van der Waals surface area contributed by atoms with E-state index in [4.69, 9.17) is 4.74 Å². The number of hydrogen-bond donors (Lipinski definition) is 1. The second-order valence-corrected chi connectivity index (χ2v) is 11.3. The van der Waals surface area contributed by atoms with Crippen molar-refractivity contribution in [2.75, 3.05) is 44.0 Å². The van der Waals surface area contributed by atoms with Gasteiger partial charge in [-0.25, -0.2) is 0 Å². The van der Waals surface area contributed by atoms with Crippen molar-refractivity contribution in [1.82, 2.24) is 5.32 Å². The van der Waals surface area contributed by atoms with Crippen LogP contribution in [0.4, 0.5) is 5.69 Å². The fourth-order valence-corrected chi connectivity index (χ4v) is 5.65. The summed E-state index contributed by atoms with van der Waals surface area (Å²) < 4.78 is 5.42. The number of amides is 1. The van der Waals surface area contributed by atoms with Crippen molar-refractivity contribution in [1.29, 1.82) is 0 Å². The number of carbonyl (C=O) groups is 1. The van der Waals surface area contributed by atoms with Gasteiger partial charge in [-0.05, 0) is 84.9 Å². The first kappa shape index (κ1) is 32.6. The second-order valence-electron chi connectivity index (χ2n) is 9.92. The van der Waals surface area contributed by atoms with Gasteiger partial charge in [-0.15, -0.1) is 11.8 Å². The summed E-state index contributed by atoms with van der Waals surface area (Å²) in [6, 6.07) is 15.8. The summed E-state index contributed by atoms with van der Waals surface area (Å²) >= 11 is 1.84. The maximum atomic E-state index is 10.2. The third-order valence-corrected chi connectivity index (χ3v) is 7.95. The van der Waals surface area contributed by atoms with Crippen LogP contribution in [0.3, 0.4) is 0 Å². The minimum atomic E-state index is 0.674. The third kappa shape index (κ3) is 12.0. The minimum absolute atomic E-state index is 0.674. The van der Waals surface area contributed by atoms with Crippen LogP contribution in [-0.4, -0.2) is 52.2 Å². The van der Waals surface area contributed by atoms with Crippen molar-refractivity contribution in [3.8, 4) is 0 Å². The molecule has 0 radical (unpaired) electrons. The normalized spacial score (nSPS) is 13.8. The van der Waals surface area contributed by atoms with E-state index in [1.807, 2.05) is 18.0 Å². The Morgan fingerprint density at radius 1 is 1.13 bits per heavy atom. The van der Waals surface area contributed by atoms with E-state index in [-0.39, 0.29) is 0 Å². The quantitative estimate of drug-likeness (QED) is 0.145. The van der Waals surface area contributed by atoms with Gasteiger partial charge in [0, 0.05) is 56.6 Å². The van der Waals surface area contributed by atoms with Gasteiger partial charge in [0.15, 0.2) is 0 Å². The average molecular weight is 552 g/mol. The van der Waals surface area contributed by atoms with Crippen LogP contribution in [0.2, 0.25) is 0 Å². The number of aryl methyl sites for hydroxylation is 2. The fourth-order valence-electron chi connectivity index (χ4n) is 4.86. The number of thioether (sulfide) groups is 1. The lowest BCUT2D eigenvalue weighted by molar-refractivity contribution is -0.109. The van der Waals surface area contributed by atoms with Gasteiger partial charge in [0.05, 0.1) is 0 Å². The molecule has 1 aliphatic rings. The summed E-state index contributed by atoms with van der Waals surface area (Å²) in [5.74, 6) is 1.74. The second kappa shape index (κ2) is 19.5. The predicted octanol–water partition coefficient (Wildman–Crippen LogP) is 7.19. The van der Waals surface area contributed by atoms with Gasteiger partial charge >= 0.3 is 0 Å². The van der Waals surface area contributed by atoms with Crippen molar-refractivity contribution < 1.29 is 9.53 Å². The summed E-state index contributed by atoms with van der Waals surface area (Å²) in [5.41, 5.74) is 6.99. The van der Waals surface area contributed by atoms with Crippen molar-refractivity contribution in [2.24, 2.45) is 4.99 Å². The molecule has 0 spiro atoms. The number of anilines is 1. The number of rotatable bonds is 15. The number of benzene rings is 2. The highest BCUT2D eigenvalue weighted by Crippen LogP contribution is 2.28. The van der Waals surface area contributed by atoms with E-state index in [9.17, 15) is 4.79 Å². The maximum absolute atomic E-state index is 10.2. The molecule has 1 N–H and O–H groups in total. The van der Waals surface area contributed by atoms with E-state index in [2.05, 4.69) is 92.2 Å². The predicted molar refractivity (Wildman–Crippen MR) is 170 cm³/mol. The van der Waals surface area contributed by atoms with Gasteiger partial charge in [0.1, 0.15) is 0 Å². The molecule has 0 bridgehead atoms. The molecule has 39 heavy (non-hydrogen) atoms. The molecular formula is C33H49N3O2S. The lowest BCUT2D eigenvalue weighted by Crippen LogP contribution is -2.23. The van der Waals surface area contributed by atoms with Crippen LogP contribution in [0.5, 0.6) is 0 Å². The van der Waals surface area contributed by atoms with Gasteiger partial charge in [-0.1, -0.05) is 57.5 Å². The van der Waals surface area contributed by atoms with Crippen molar-refractivity contribution in [3.63, 3.8) is 0 Å². The first-order chi connectivity index (χ1) is 19.1. The molecule has 214 valence electrons. The highest BCUT2D eigenvalue weighted by molar-refractivity contribution is 8.03. The van der Waals surface area contributed by atoms with Crippen LogP contribution in [-0.2, 0) is 28.8 Å². The molecule has 2 aromatic carbocycles. The van der Waals surface area contributed by atoms with Crippen LogP contribution in [0, 0.1) is 0 Å². The summed E-state index contributed by atoms with van der Waals surface area (Å²) in [5, 5.41) is 2.70. The van der Waals surface area contributed by atoms with Crippen LogP contribution in [0.1, 0.15) is 74.6 Å². The van der Waals surface area contributed by atoms with Gasteiger partial charge < -0.3 is 15.0 Å². The molecule has 0 unspecified atom stereocenters. The minimum Gasteiger partial charge on any atom is -0.381 e. The van der Waals surface area contributed by atoms with E-state index in [0.717, 1.165) is 77.0 Å². The number of aliphatic imine (C=N–C) groups is 1. The Hall–Kier alpha value is -2.57. The molecule has 0 aliphatic carbocycles. The monoisotopic (exact) mass is 551 g/mol. The molecule has 0 aromatic heterocycles. The molecule has 0 atom stereocenters. The van der Waals surface area contributed by atoms with Gasteiger partial charge in [-0.2, -0.15) is 0 Å². The van der Waals surface area contributed by atoms with Crippen LogP contribution in [0.25, 0.3) is 0 Å². The van der Waals surface area contributed by atoms with E-state index >= 15 is 0 Å². The summed E-state index contributed by atoms with van der Waals surface area (Å²) in [6.45, 7) is 13.6. The lowest BCUT2D eigenvalue weighted by Gasteiger charge is -2.22. The topological polar surface area (TPSA) is 53.9 Å². The number of allylic oxidation sites excluding steroid dienone is 1. The average Bonchev–Trinajstić information content (AvgIpc) is 2.97. The molecule has 3 rings (SSSR count). The molecular weight excluding hydrogens is 502 g/mol. The van der Waals surface area contributed by atoms with Gasteiger partial charge in [0.25, 0.3) is 0 Å². The zero-order valence-corrected chi connectivity index (χ0v) is 25.4. The Morgan fingerprint density at radius 3 is 2.49 bits per heavy atom. The fraction of sp³-hybridized carbons (Fsp3) is 0.515. The van der Waals surface area contributed by atoms with Crippen molar-refractivity contribution in [2.45, 2.75) is 71.6 Å². The van der Waals surface area contributed by atoms with Crippen LogP contribution in [0.15, 0.2) is 58.6 Å². The first-order valence-corrected chi connectivity index (χ1v) is 15.5. The Morgan fingerprint density at radius 2 is 1.87 bits per heavy atom. The van der Waals surface area contributed by atoms with Crippen molar-refractivity contribution >= 4 is 30.6 Å². The number of hydrogen-bond acceptors (Lipinski definition) is 5. The Bertz CT molecular complexity index is 1000. The Balaban J connectivity index is 0.000000274. The van der Waals surface area contributed by atoms with E-state index in [1.165, 1.54) is 39.3 Å². The maximum Gasteiger partial charge on any atom is 0.207 e. The zero-order chi connectivity index (χ0) is 28.3.